The van der Waals surface area contributed by atoms with E-state index in [0.717, 1.165) is 19.6 Å². The first kappa shape index (κ1) is 12.4. The molecule has 0 aliphatic carbocycles. The number of para-hydroxylation sites is 1. The third kappa shape index (κ3) is 2.47. The zero-order chi connectivity index (χ0) is 12.5. The smallest absolute Gasteiger partial charge is 0.0396 e. The van der Waals surface area contributed by atoms with Crippen LogP contribution in [0.4, 0.5) is 5.69 Å². The van der Waals surface area contributed by atoms with Gasteiger partial charge < -0.3 is 10.6 Å². The number of anilines is 1. The van der Waals surface area contributed by atoms with E-state index in [-0.39, 0.29) is 0 Å². The molecule has 2 nitrogen and oxygen atoms in total. The van der Waals surface area contributed by atoms with Gasteiger partial charge in [0.1, 0.15) is 0 Å². The average molecular weight is 232 g/mol. The highest BCUT2D eigenvalue weighted by molar-refractivity contribution is 5.53. The third-order valence-electron chi connectivity index (χ3n) is 4.19. The van der Waals surface area contributed by atoms with E-state index in [1.165, 1.54) is 17.7 Å². The van der Waals surface area contributed by atoms with Crippen LogP contribution in [0.5, 0.6) is 0 Å². The summed E-state index contributed by atoms with van der Waals surface area (Å²) in [5.74, 6) is 0.655. The monoisotopic (exact) mass is 232 g/mol. The topological polar surface area (TPSA) is 29.3 Å². The predicted octanol–water partition coefficient (Wildman–Crippen LogP) is 2.81. The molecule has 1 fully saturated rings. The van der Waals surface area contributed by atoms with Crippen LogP contribution in [-0.4, -0.2) is 19.6 Å². The minimum absolute atomic E-state index is 0.315. The zero-order valence-electron chi connectivity index (χ0n) is 11.2. The lowest BCUT2D eigenvalue weighted by Gasteiger charge is -2.45. The van der Waals surface area contributed by atoms with Crippen molar-refractivity contribution >= 4 is 5.69 Å². The number of rotatable bonds is 2. The molecule has 1 aromatic carbocycles. The van der Waals surface area contributed by atoms with Crippen molar-refractivity contribution in [3.63, 3.8) is 0 Å². The van der Waals surface area contributed by atoms with Gasteiger partial charge in [-0.25, -0.2) is 0 Å². The van der Waals surface area contributed by atoms with Gasteiger partial charge in [-0.3, -0.25) is 0 Å². The van der Waals surface area contributed by atoms with Crippen molar-refractivity contribution in [3.05, 3.63) is 29.8 Å². The number of nitrogens with two attached hydrogens (primary N) is 1. The van der Waals surface area contributed by atoms with Gasteiger partial charge in [-0.1, -0.05) is 32.0 Å². The molecule has 1 aliphatic rings. The maximum Gasteiger partial charge on any atom is 0.0396 e. The van der Waals surface area contributed by atoms with Crippen LogP contribution in [0.3, 0.4) is 0 Å². The van der Waals surface area contributed by atoms with Crippen molar-refractivity contribution in [1.29, 1.82) is 0 Å². The molecule has 0 bridgehead atoms. The summed E-state index contributed by atoms with van der Waals surface area (Å²) in [6, 6.07) is 8.66. The molecule has 1 unspecified atom stereocenters. The van der Waals surface area contributed by atoms with E-state index in [2.05, 4.69) is 49.9 Å². The van der Waals surface area contributed by atoms with Crippen LogP contribution in [0, 0.1) is 18.3 Å². The highest BCUT2D eigenvalue weighted by Gasteiger charge is 2.35. The van der Waals surface area contributed by atoms with E-state index in [1.807, 2.05) is 0 Å². The van der Waals surface area contributed by atoms with Gasteiger partial charge in [-0.15, -0.1) is 0 Å². The molecule has 2 heteroatoms. The number of piperidine rings is 1. The quantitative estimate of drug-likeness (QED) is 0.849. The Kier molecular flexibility index (Phi) is 3.43. The summed E-state index contributed by atoms with van der Waals surface area (Å²) >= 11 is 0. The molecule has 1 saturated heterocycles. The van der Waals surface area contributed by atoms with Crippen LogP contribution in [0.1, 0.15) is 25.8 Å². The summed E-state index contributed by atoms with van der Waals surface area (Å²) < 4.78 is 0. The molecule has 0 spiro atoms. The molecule has 1 aliphatic heterocycles. The second-order valence-electron chi connectivity index (χ2n) is 5.92. The number of hydrogen-bond acceptors (Lipinski definition) is 2. The predicted molar refractivity (Wildman–Crippen MR) is 74.3 cm³/mol. The van der Waals surface area contributed by atoms with Gasteiger partial charge >= 0.3 is 0 Å². The summed E-state index contributed by atoms with van der Waals surface area (Å²) in [5, 5.41) is 0. The Morgan fingerprint density at radius 2 is 2.06 bits per heavy atom. The Morgan fingerprint density at radius 1 is 1.35 bits per heavy atom. The first-order valence-electron chi connectivity index (χ1n) is 6.55. The van der Waals surface area contributed by atoms with Crippen LogP contribution >= 0.6 is 0 Å². The first-order valence-corrected chi connectivity index (χ1v) is 6.55. The number of aryl methyl sites for hydroxylation is 1. The zero-order valence-corrected chi connectivity index (χ0v) is 11.2. The van der Waals surface area contributed by atoms with Gasteiger partial charge in [-0.2, -0.15) is 0 Å². The van der Waals surface area contributed by atoms with Crippen LogP contribution in [0.2, 0.25) is 0 Å². The minimum Gasteiger partial charge on any atom is -0.371 e. The van der Waals surface area contributed by atoms with Crippen molar-refractivity contribution in [2.75, 3.05) is 24.5 Å². The Balaban J connectivity index is 2.18. The SMILES string of the molecule is Cc1ccccc1N1CCC(CN)C(C)(C)C1. The molecule has 1 heterocycles. The summed E-state index contributed by atoms with van der Waals surface area (Å²) in [6.07, 6.45) is 1.21. The Morgan fingerprint density at radius 3 is 2.65 bits per heavy atom. The fourth-order valence-electron chi connectivity index (χ4n) is 2.96. The molecule has 0 aromatic heterocycles. The molecular formula is C15H24N2. The summed E-state index contributed by atoms with van der Waals surface area (Å²) in [5.41, 5.74) is 8.94. The highest BCUT2D eigenvalue weighted by Crippen LogP contribution is 2.36. The number of nitrogens with zero attached hydrogens (tertiary/aromatic N) is 1. The molecule has 2 N–H and O–H groups in total. The molecule has 1 aromatic rings. The fourth-order valence-corrected chi connectivity index (χ4v) is 2.96. The van der Waals surface area contributed by atoms with E-state index >= 15 is 0 Å². The second-order valence-corrected chi connectivity index (χ2v) is 5.92. The molecule has 1 atom stereocenters. The first-order chi connectivity index (χ1) is 8.04. The van der Waals surface area contributed by atoms with Gasteiger partial charge in [-0.05, 0) is 42.9 Å². The average Bonchev–Trinajstić information content (AvgIpc) is 2.28. The Bertz CT molecular complexity index is 384. The van der Waals surface area contributed by atoms with E-state index < -0.39 is 0 Å². The van der Waals surface area contributed by atoms with Crippen LogP contribution in [-0.2, 0) is 0 Å². The van der Waals surface area contributed by atoms with Gasteiger partial charge in [0, 0.05) is 18.8 Å². The molecule has 0 radical (unpaired) electrons. The van der Waals surface area contributed by atoms with E-state index in [4.69, 9.17) is 5.73 Å². The summed E-state index contributed by atoms with van der Waals surface area (Å²) in [6.45, 7) is 9.94. The van der Waals surface area contributed by atoms with E-state index in [0.29, 0.717) is 11.3 Å². The van der Waals surface area contributed by atoms with Crippen molar-refractivity contribution in [2.24, 2.45) is 17.1 Å². The molecular weight excluding hydrogens is 208 g/mol. The molecule has 2 rings (SSSR count). The van der Waals surface area contributed by atoms with E-state index in [1.54, 1.807) is 0 Å². The van der Waals surface area contributed by atoms with Crippen molar-refractivity contribution in [2.45, 2.75) is 27.2 Å². The fraction of sp³-hybridized carbons (Fsp3) is 0.600. The van der Waals surface area contributed by atoms with Crippen LogP contribution in [0.15, 0.2) is 24.3 Å². The number of benzene rings is 1. The standard InChI is InChI=1S/C15H24N2/c1-12-6-4-5-7-14(12)17-9-8-13(10-16)15(2,3)11-17/h4-7,13H,8-11,16H2,1-3H3. The van der Waals surface area contributed by atoms with Gasteiger partial charge in [0.25, 0.3) is 0 Å². The summed E-state index contributed by atoms with van der Waals surface area (Å²) in [4.78, 5) is 2.52. The van der Waals surface area contributed by atoms with Crippen molar-refractivity contribution in [1.82, 2.24) is 0 Å². The Hall–Kier alpha value is -1.02. The normalized spacial score (nSPS) is 23.8. The lowest BCUT2D eigenvalue weighted by Crippen LogP contribution is -2.48. The van der Waals surface area contributed by atoms with Gasteiger partial charge in [0.05, 0.1) is 0 Å². The van der Waals surface area contributed by atoms with Crippen LogP contribution < -0.4 is 10.6 Å². The molecule has 94 valence electrons. The van der Waals surface area contributed by atoms with Crippen molar-refractivity contribution < 1.29 is 0 Å². The largest absolute Gasteiger partial charge is 0.371 e. The molecule has 0 saturated carbocycles. The Labute approximate surface area is 105 Å². The molecule has 0 amide bonds. The molecule has 17 heavy (non-hydrogen) atoms. The number of hydrogen-bond donors (Lipinski definition) is 1. The lowest BCUT2D eigenvalue weighted by molar-refractivity contribution is 0.182. The maximum atomic E-state index is 5.87. The van der Waals surface area contributed by atoms with Gasteiger partial charge in [0.2, 0.25) is 0 Å². The van der Waals surface area contributed by atoms with Gasteiger partial charge in [0.15, 0.2) is 0 Å². The maximum absolute atomic E-state index is 5.87. The van der Waals surface area contributed by atoms with E-state index in [9.17, 15) is 0 Å². The third-order valence-corrected chi connectivity index (χ3v) is 4.19. The lowest BCUT2D eigenvalue weighted by atomic mass is 9.74. The van der Waals surface area contributed by atoms with Crippen LogP contribution in [0.25, 0.3) is 0 Å². The summed E-state index contributed by atoms with van der Waals surface area (Å²) in [7, 11) is 0. The second kappa shape index (κ2) is 4.69. The van der Waals surface area contributed by atoms with Crippen molar-refractivity contribution in [3.8, 4) is 0 Å². The highest BCUT2D eigenvalue weighted by atomic mass is 15.1. The minimum atomic E-state index is 0.315.